The molecule has 0 spiro atoms. The van der Waals surface area contributed by atoms with Gasteiger partial charge in [-0.2, -0.15) is 0 Å². The Morgan fingerprint density at radius 1 is 1.35 bits per heavy atom. The van der Waals surface area contributed by atoms with Crippen molar-refractivity contribution in [3.63, 3.8) is 0 Å². The lowest BCUT2D eigenvalue weighted by molar-refractivity contribution is 0.293. The van der Waals surface area contributed by atoms with Crippen LogP contribution >= 0.6 is 0 Å². The van der Waals surface area contributed by atoms with E-state index in [1.54, 1.807) is 7.11 Å². The molecular formula is C16H27N3O. The molecule has 0 radical (unpaired) electrons. The Kier molecular flexibility index (Phi) is 5.26. The number of ether oxygens (including phenoxy) is 1. The highest BCUT2D eigenvalue weighted by Gasteiger charge is 2.30. The summed E-state index contributed by atoms with van der Waals surface area (Å²) in [5.74, 6) is 0.881. The first-order valence-corrected chi connectivity index (χ1v) is 7.56. The van der Waals surface area contributed by atoms with E-state index in [-0.39, 0.29) is 5.54 Å². The number of hydrogen-bond acceptors (Lipinski definition) is 4. The third kappa shape index (κ3) is 3.64. The molecular weight excluding hydrogens is 250 g/mol. The second-order valence-corrected chi connectivity index (χ2v) is 5.63. The molecule has 1 unspecified atom stereocenters. The van der Waals surface area contributed by atoms with Gasteiger partial charge >= 0.3 is 0 Å². The Hall–Kier alpha value is -1.26. The van der Waals surface area contributed by atoms with Gasteiger partial charge in [-0.3, -0.25) is 0 Å². The number of likely N-dealkylation sites (tertiary alicyclic amines) is 1. The topological polar surface area (TPSA) is 50.5 Å². The quantitative estimate of drug-likeness (QED) is 0.867. The largest absolute Gasteiger partial charge is 0.497 e. The minimum Gasteiger partial charge on any atom is -0.497 e. The van der Waals surface area contributed by atoms with Gasteiger partial charge < -0.3 is 20.7 Å². The molecule has 0 amide bonds. The second-order valence-electron chi connectivity index (χ2n) is 5.63. The molecule has 1 fully saturated rings. The van der Waals surface area contributed by atoms with Crippen molar-refractivity contribution in [3.8, 4) is 5.75 Å². The molecule has 1 atom stereocenters. The summed E-state index contributed by atoms with van der Waals surface area (Å²) in [6.07, 6.45) is 3.41. The van der Waals surface area contributed by atoms with Crippen molar-refractivity contribution in [1.82, 2.24) is 4.90 Å². The maximum atomic E-state index is 6.10. The first kappa shape index (κ1) is 15.1. The molecule has 0 saturated carbocycles. The molecule has 1 aromatic rings. The van der Waals surface area contributed by atoms with E-state index in [0.717, 1.165) is 37.4 Å². The number of hydrogen-bond donors (Lipinski definition) is 2. The molecule has 0 bridgehead atoms. The lowest BCUT2D eigenvalue weighted by atomic mass is 9.90. The first-order valence-electron chi connectivity index (χ1n) is 7.56. The Labute approximate surface area is 122 Å². The van der Waals surface area contributed by atoms with Gasteiger partial charge in [-0.05, 0) is 44.5 Å². The van der Waals surface area contributed by atoms with Gasteiger partial charge in [0.25, 0.3) is 0 Å². The zero-order valence-corrected chi connectivity index (χ0v) is 12.7. The van der Waals surface area contributed by atoms with Crippen LogP contribution in [-0.2, 0) is 0 Å². The van der Waals surface area contributed by atoms with Crippen molar-refractivity contribution in [1.29, 1.82) is 0 Å². The van der Waals surface area contributed by atoms with Crippen LogP contribution in [0.1, 0.15) is 26.2 Å². The monoisotopic (exact) mass is 277 g/mol. The lowest BCUT2D eigenvalue weighted by Crippen LogP contribution is -2.46. The van der Waals surface area contributed by atoms with Crippen molar-refractivity contribution in [2.75, 3.05) is 38.6 Å². The van der Waals surface area contributed by atoms with Crippen LogP contribution in [0.25, 0.3) is 0 Å². The number of anilines is 1. The number of benzene rings is 1. The number of nitrogens with zero attached hydrogens (tertiary/aromatic N) is 1. The molecule has 1 heterocycles. The smallest absolute Gasteiger partial charge is 0.120 e. The van der Waals surface area contributed by atoms with E-state index < -0.39 is 0 Å². The van der Waals surface area contributed by atoms with E-state index in [4.69, 9.17) is 10.5 Å². The van der Waals surface area contributed by atoms with Crippen LogP contribution in [0.5, 0.6) is 5.75 Å². The van der Waals surface area contributed by atoms with Crippen LogP contribution in [0.2, 0.25) is 0 Å². The maximum Gasteiger partial charge on any atom is 0.120 e. The van der Waals surface area contributed by atoms with Gasteiger partial charge in [0, 0.05) is 24.8 Å². The van der Waals surface area contributed by atoms with Crippen LogP contribution in [0.4, 0.5) is 5.69 Å². The van der Waals surface area contributed by atoms with Crippen molar-refractivity contribution in [2.45, 2.75) is 31.7 Å². The average Bonchev–Trinajstić information content (AvgIpc) is 2.70. The van der Waals surface area contributed by atoms with Gasteiger partial charge in [0.15, 0.2) is 0 Å². The Balaban J connectivity index is 2.10. The van der Waals surface area contributed by atoms with Gasteiger partial charge in [0.05, 0.1) is 12.6 Å². The van der Waals surface area contributed by atoms with Crippen molar-refractivity contribution in [2.24, 2.45) is 5.73 Å². The Morgan fingerprint density at radius 2 is 2.20 bits per heavy atom. The minimum atomic E-state index is 0.0102. The summed E-state index contributed by atoms with van der Waals surface area (Å²) >= 11 is 0. The zero-order valence-electron chi connectivity index (χ0n) is 12.7. The Bertz CT molecular complexity index is 424. The summed E-state index contributed by atoms with van der Waals surface area (Å²) in [5.41, 5.74) is 7.21. The van der Waals surface area contributed by atoms with Gasteiger partial charge in [0.1, 0.15) is 5.75 Å². The fourth-order valence-corrected chi connectivity index (χ4v) is 2.95. The molecule has 0 aliphatic carbocycles. The van der Waals surface area contributed by atoms with E-state index in [9.17, 15) is 0 Å². The van der Waals surface area contributed by atoms with Crippen LogP contribution in [0, 0.1) is 0 Å². The molecule has 1 saturated heterocycles. The minimum absolute atomic E-state index is 0.0102. The molecule has 1 aliphatic rings. The normalized spacial score (nSPS) is 24.1. The molecule has 2 rings (SSSR count). The molecule has 112 valence electrons. The summed E-state index contributed by atoms with van der Waals surface area (Å²) < 4.78 is 5.29. The first-order chi connectivity index (χ1) is 9.71. The SMILES string of the molecule is CCN1CCCC(CN)(Nc2cccc(OC)c2)CC1. The summed E-state index contributed by atoms with van der Waals surface area (Å²) in [5, 5.41) is 3.67. The molecule has 1 aromatic carbocycles. The fourth-order valence-electron chi connectivity index (χ4n) is 2.95. The molecule has 1 aliphatic heterocycles. The maximum absolute atomic E-state index is 6.10. The van der Waals surface area contributed by atoms with E-state index in [2.05, 4.69) is 23.2 Å². The van der Waals surface area contributed by atoms with Crippen molar-refractivity contribution >= 4 is 5.69 Å². The number of nitrogens with two attached hydrogens (primary N) is 1. The standard InChI is InChI=1S/C16H27N3O/c1-3-19-10-5-8-16(13-17,9-11-19)18-14-6-4-7-15(12-14)20-2/h4,6-7,12,18H,3,5,8-11,13,17H2,1-2H3. The van der Waals surface area contributed by atoms with E-state index in [1.165, 1.54) is 13.0 Å². The summed E-state index contributed by atoms with van der Waals surface area (Å²) in [6.45, 7) is 6.31. The highest BCUT2D eigenvalue weighted by Crippen LogP contribution is 2.28. The third-order valence-electron chi connectivity index (χ3n) is 4.35. The number of rotatable bonds is 5. The van der Waals surface area contributed by atoms with Crippen LogP contribution in [-0.4, -0.2) is 43.7 Å². The molecule has 20 heavy (non-hydrogen) atoms. The van der Waals surface area contributed by atoms with E-state index >= 15 is 0 Å². The van der Waals surface area contributed by atoms with Gasteiger partial charge in [-0.25, -0.2) is 0 Å². The highest BCUT2D eigenvalue weighted by molar-refractivity contribution is 5.50. The summed E-state index contributed by atoms with van der Waals surface area (Å²) in [7, 11) is 1.70. The predicted molar refractivity (Wildman–Crippen MR) is 84.4 cm³/mol. The van der Waals surface area contributed by atoms with Gasteiger partial charge in [0.2, 0.25) is 0 Å². The van der Waals surface area contributed by atoms with Gasteiger partial charge in [-0.1, -0.05) is 13.0 Å². The molecule has 3 N–H and O–H groups in total. The number of methoxy groups -OCH3 is 1. The van der Waals surface area contributed by atoms with E-state index in [1.807, 2.05) is 18.2 Å². The lowest BCUT2D eigenvalue weighted by Gasteiger charge is -2.34. The third-order valence-corrected chi connectivity index (χ3v) is 4.35. The second kappa shape index (κ2) is 6.95. The summed E-state index contributed by atoms with van der Waals surface area (Å²) in [4.78, 5) is 2.50. The highest BCUT2D eigenvalue weighted by atomic mass is 16.5. The average molecular weight is 277 g/mol. The number of nitrogens with one attached hydrogen (secondary N) is 1. The molecule has 4 nitrogen and oxygen atoms in total. The van der Waals surface area contributed by atoms with Crippen LogP contribution in [0.15, 0.2) is 24.3 Å². The van der Waals surface area contributed by atoms with Gasteiger partial charge in [-0.15, -0.1) is 0 Å². The fraction of sp³-hybridized carbons (Fsp3) is 0.625. The molecule has 4 heteroatoms. The van der Waals surface area contributed by atoms with Crippen molar-refractivity contribution in [3.05, 3.63) is 24.3 Å². The van der Waals surface area contributed by atoms with Crippen molar-refractivity contribution < 1.29 is 4.74 Å². The predicted octanol–water partition coefficient (Wildman–Crippen LogP) is 2.31. The molecule has 0 aromatic heterocycles. The van der Waals surface area contributed by atoms with Crippen LogP contribution < -0.4 is 15.8 Å². The zero-order chi connectivity index (χ0) is 14.4. The Morgan fingerprint density at radius 3 is 2.90 bits per heavy atom. The van der Waals surface area contributed by atoms with E-state index in [0.29, 0.717) is 6.54 Å². The van der Waals surface area contributed by atoms with Crippen LogP contribution in [0.3, 0.4) is 0 Å². The summed E-state index contributed by atoms with van der Waals surface area (Å²) in [6, 6.07) is 8.11.